The van der Waals surface area contributed by atoms with E-state index >= 15 is 0 Å². The summed E-state index contributed by atoms with van der Waals surface area (Å²) in [6.45, 7) is 8.24. The van der Waals surface area contributed by atoms with E-state index in [-0.39, 0.29) is 5.97 Å². The van der Waals surface area contributed by atoms with Gasteiger partial charge in [-0.25, -0.2) is 4.79 Å². The van der Waals surface area contributed by atoms with Crippen LogP contribution in [0, 0.1) is 20.8 Å². The first-order valence-electron chi connectivity index (χ1n) is 8.40. The van der Waals surface area contributed by atoms with Gasteiger partial charge in [0.05, 0.1) is 17.8 Å². The molecule has 2 aromatic carbocycles. The van der Waals surface area contributed by atoms with Crippen LogP contribution in [-0.2, 0) is 4.74 Å². The van der Waals surface area contributed by atoms with Gasteiger partial charge in [0.15, 0.2) is 0 Å². The molecule has 0 saturated carbocycles. The van der Waals surface area contributed by atoms with Gasteiger partial charge in [-0.05, 0) is 51.5 Å². The number of fused-ring (bicyclic) bond motifs is 1. The summed E-state index contributed by atoms with van der Waals surface area (Å²) in [7, 11) is 0. The van der Waals surface area contributed by atoms with Crippen molar-refractivity contribution in [3.63, 3.8) is 0 Å². The fourth-order valence-electron chi connectivity index (χ4n) is 2.94. The Kier molecular flexibility index (Phi) is 4.70. The Morgan fingerprint density at radius 2 is 1.80 bits per heavy atom. The van der Waals surface area contributed by atoms with Gasteiger partial charge in [-0.2, -0.15) is 0 Å². The van der Waals surface area contributed by atoms with Crippen LogP contribution in [0.5, 0.6) is 0 Å². The zero-order chi connectivity index (χ0) is 18.0. The maximum Gasteiger partial charge on any atom is 0.341 e. The van der Waals surface area contributed by atoms with Crippen LogP contribution in [0.3, 0.4) is 0 Å². The molecule has 4 heteroatoms. The van der Waals surface area contributed by atoms with Crippen molar-refractivity contribution in [2.24, 2.45) is 0 Å². The first kappa shape index (κ1) is 17.0. The number of esters is 1. The number of anilines is 2. The van der Waals surface area contributed by atoms with Crippen LogP contribution in [0.25, 0.3) is 10.9 Å². The lowest BCUT2D eigenvalue weighted by molar-refractivity contribution is 0.0527. The third-order valence-corrected chi connectivity index (χ3v) is 4.12. The largest absolute Gasteiger partial charge is 0.462 e. The molecule has 0 spiro atoms. The average Bonchev–Trinajstić information content (AvgIpc) is 2.57. The second kappa shape index (κ2) is 6.93. The zero-order valence-electron chi connectivity index (χ0n) is 15.0. The molecule has 1 N–H and O–H groups in total. The first-order valence-corrected chi connectivity index (χ1v) is 8.40. The molecule has 0 unspecified atom stereocenters. The highest BCUT2D eigenvalue weighted by atomic mass is 16.5. The molecule has 0 radical (unpaired) electrons. The number of nitrogens with one attached hydrogen (secondary N) is 1. The monoisotopic (exact) mass is 334 g/mol. The van der Waals surface area contributed by atoms with Crippen LogP contribution in [0.4, 0.5) is 11.4 Å². The summed E-state index contributed by atoms with van der Waals surface area (Å²) in [4.78, 5) is 16.9. The highest BCUT2D eigenvalue weighted by Gasteiger charge is 2.18. The van der Waals surface area contributed by atoms with Gasteiger partial charge in [0, 0.05) is 17.3 Å². The molecule has 128 valence electrons. The second-order valence-electron chi connectivity index (χ2n) is 6.24. The van der Waals surface area contributed by atoms with E-state index in [1.165, 1.54) is 5.56 Å². The van der Waals surface area contributed by atoms with Crippen LogP contribution >= 0.6 is 0 Å². The molecule has 0 bridgehead atoms. The molecule has 0 atom stereocenters. The lowest BCUT2D eigenvalue weighted by atomic mass is 10.0. The minimum absolute atomic E-state index is 0.327. The molecule has 25 heavy (non-hydrogen) atoms. The second-order valence-corrected chi connectivity index (χ2v) is 6.24. The number of hydrogen-bond donors (Lipinski definition) is 1. The summed E-state index contributed by atoms with van der Waals surface area (Å²) >= 11 is 0. The van der Waals surface area contributed by atoms with Gasteiger partial charge in [0.2, 0.25) is 0 Å². The molecular formula is C21H22N2O2. The minimum Gasteiger partial charge on any atom is -0.462 e. The van der Waals surface area contributed by atoms with Crippen LogP contribution in [0.15, 0.2) is 42.6 Å². The number of hydrogen-bond acceptors (Lipinski definition) is 4. The lowest BCUT2D eigenvalue weighted by Gasteiger charge is -2.16. The number of carbonyl (C=O) groups excluding carboxylic acids is 1. The first-order chi connectivity index (χ1) is 12.0. The van der Waals surface area contributed by atoms with Crippen molar-refractivity contribution in [2.75, 3.05) is 11.9 Å². The van der Waals surface area contributed by atoms with Crippen molar-refractivity contribution < 1.29 is 9.53 Å². The Balaban J connectivity index is 2.21. The van der Waals surface area contributed by atoms with Crippen LogP contribution in [-0.4, -0.2) is 17.6 Å². The Morgan fingerprint density at radius 3 is 2.48 bits per heavy atom. The highest BCUT2D eigenvalue weighted by molar-refractivity contribution is 6.06. The zero-order valence-corrected chi connectivity index (χ0v) is 15.0. The quantitative estimate of drug-likeness (QED) is 0.676. The number of nitrogens with zero attached hydrogens (tertiary/aromatic N) is 1. The van der Waals surface area contributed by atoms with Crippen molar-refractivity contribution in [3.8, 4) is 0 Å². The molecule has 1 aromatic heterocycles. The van der Waals surface area contributed by atoms with E-state index in [1.807, 2.05) is 45.0 Å². The highest BCUT2D eigenvalue weighted by Crippen LogP contribution is 2.32. The third kappa shape index (κ3) is 3.48. The third-order valence-electron chi connectivity index (χ3n) is 4.12. The number of benzene rings is 2. The van der Waals surface area contributed by atoms with E-state index in [2.05, 4.69) is 22.4 Å². The van der Waals surface area contributed by atoms with Gasteiger partial charge >= 0.3 is 5.97 Å². The molecule has 0 aliphatic rings. The standard InChI is InChI=1S/C21H22N2O2/c1-5-25-21(24)18-12-22-19-15(4)10-14(3)11-17(19)20(18)23-16-8-6-13(2)7-9-16/h6-12H,5H2,1-4H3,(H,22,23). The predicted octanol–water partition coefficient (Wildman–Crippen LogP) is 5.08. The lowest BCUT2D eigenvalue weighted by Crippen LogP contribution is -2.09. The van der Waals surface area contributed by atoms with Crippen LogP contribution < -0.4 is 5.32 Å². The number of rotatable bonds is 4. The van der Waals surface area contributed by atoms with Crippen molar-refractivity contribution in [3.05, 3.63) is 64.8 Å². The Morgan fingerprint density at radius 1 is 1.08 bits per heavy atom. The van der Waals surface area contributed by atoms with E-state index in [1.54, 1.807) is 13.1 Å². The SMILES string of the molecule is CCOC(=O)c1cnc2c(C)cc(C)cc2c1Nc1ccc(C)cc1. The summed E-state index contributed by atoms with van der Waals surface area (Å²) in [6, 6.07) is 12.2. The summed E-state index contributed by atoms with van der Waals surface area (Å²) in [5, 5.41) is 4.32. The van der Waals surface area contributed by atoms with Crippen LogP contribution in [0.2, 0.25) is 0 Å². The summed E-state index contributed by atoms with van der Waals surface area (Å²) in [5.74, 6) is -0.370. The van der Waals surface area contributed by atoms with Gasteiger partial charge in [0.1, 0.15) is 5.56 Å². The van der Waals surface area contributed by atoms with Gasteiger partial charge in [0.25, 0.3) is 0 Å². The molecule has 0 saturated heterocycles. The van der Waals surface area contributed by atoms with Gasteiger partial charge in [-0.15, -0.1) is 0 Å². The molecule has 0 fully saturated rings. The van der Waals surface area contributed by atoms with Gasteiger partial charge in [-0.3, -0.25) is 4.98 Å². The number of pyridine rings is 1. The molecular weight excluding hydrogens is 312 g/mol. The molecule has 0 aliphatic heterocycles. The Labute approximate surface area is 147 Å². The molecule has 0 amide bonds. The summed E-state index contributed by atoms with van der Waals surface area (Å²) in [6.07, 6.45) is 1.60. The van der Waals surface area contributed by atoms with E-state index in [4.69, 9.17) is 4.74 Å². The Hall–Kier alpha value is -2.88. The predicted molar refractivity (Wildman–Crippen MR) is 102 cm³/mol. The number of aromatic nitrogens is 1. The minimum atomic E-state index is -0.370. The smallest absolute Gasteiger partial charge is 0.341 e. The van der Waals surface area contributed by atoms with E-state index in [0.29, 0.717) is 12.2 Å². The van der Waals surface area contributed by atoms with Crippen molar-refractivity contribution in [2.45, 2.75) is 27.7 Å². The number of ether oxygens (including phenoxy) is 1. The molecule has 0 aliphatic carbocycles. The maximum absolute atomic E-state index is 12.4. The van der Waals surface area contributed by atoms with Crippen LogP contribution in [0.1, 0.15) is 34.0 Å². The van der Waals surface area contributed by atoms with E-state index in [9.17, 15) is 4.79 Å². The topological polar surface area (TPSA) is 51.2 Å². The van der Waals surface area contributed by atoms with E-state index in [0.717, 1.165) is 33.4 Å². The van der Waals surface area contributed by atoms with Gasteiger partial charge < -0.3 is 10.1 Å². The fraction of sp³-hybridized carbons (Fsp3) is 0.238. The maximum atomic E-state index is 12.4. The average molecular weight is 334 g/mol. The van der Waals surface area contributed by atoms with E-state index < -0.39 is 0 Å². The normalized spacial score (nSPS) is 10.7. The number of aryl methyl sites for hydroxylation is 3. The van der Waals surface area contributed by atoms with Crippen molar-refractivity contribution in [1.82, 2.24) is 4.98 Å². The summed E-state index contributed by atoms with van der Waals surface area (Å²) < 4.78 is 5.22. The molecule has 4 nitrogen and oxygen atoms in total. The summed E-state index contributed by atoms with van der Waals surface area (Å²) in [5.41, 5.74) is 6.37. The number of carbonyl (C=O) groups is 1. The van der Waals surface area contributed by atoms with Gasteiger partial charge in [-0.1, -0.05) is 29.3 Å². The molecule has 1 heterocycles. The Bertz CT molecular complexity index is 931. The fourth-order valence-corrected chi connectivity index (χ4v) is 2.94. The molecule has 3 rings (SSSR count). The molecule has 3 aromatic rings. The van der Waals surface area contributed by atoms with Crippen molar-refractivity contribution in [1.29, 1.82) is 0 Å². The van der Waals surface area contributed by atoms with Crippen molar-refractivity contribution >= 4 is 28.2 Å².